The van der Waals surface area contributed by atoms with Crippen molar-refractivity contribution in [2.75, 3.05) is 7.11 Å². The Hall–Kier alpha value is -2.37. The van der Waals surface area contributed by atoms with E-state index in [9.17, 15) is 4.79 Å². The first-order valence-electron chi connectivity index (χ1n) is 7.16. The molecule has 3 rings (SSSR count). The topological polar surface area (TPSA) is 48.4 Å². The lowest BCUT2D eigenvalue weighted by molar-refractivity contribution is 0.111. The van der Waals surface area contributed by atoms with E-state index in [0.29, 0.717) is 22.1 Å². The molecule has 0 saturated carbocycles. The van der Waals surface area contributed by atoms with E-state index >= 15 is 0 Å². The van der Waals surface area contributed by atoms with Gasteiger partial charge < -0.3 is 9.47 Å². The molecule has 0 aliphatic rings. The molecule has 1 heterocycles. The first-order chi connectivity index (χ1) is 11.7. The molecule has 0 fully saturated rings. The molecule has 0 atom stereocenters. The molecule has 4 nitrogen and oxygen atoms in total. The summed E-state index contributed by atoms with van der Waals surface area (Å²) in [5.74, 6) is 0.948. The number of thiazole rings is 1. The highest BCUT2D eigenvalue weighted by Crippen LogP contribution is 2.31. The zero-order valence-corrected chi connectivity index (χ0v) is 14.4. The smallest absolute Gasteiger partial charge is 0.172 e. The van der Waals surface area contributed by atoms with Gasteiger partial charge in [0.25, 0.3) is 0 Å². The maximum absolute atomic E-state index is 11.2. The van der Waals surface area contributed by atoms with Gasteiger partial charge in [0.05, 0.1) is 18.4 Å². The number of para-hydroxylation sites is 1. The SMILES string of the molecule is COc1cccc(C=O)c1OCc1csc(-c2ccc(Cl)cc2)n1. The number of aromatic nitrogens is 1. The van der Waals surface area contributed by atoms with Crippen LogP contribution in [-0.2, 0) is 6.61 Å². The van der Waals surface area contributed by atoms with Crippen molar-refractivity contribution in [2.24, 2.45) is 0 Å². The van der Waals surface area contributed by atoms with Crippen LogP contribution in [0.4, 0.5) is 0 Å². The lowest BCUT2D eigenvalue weighted by Gasteiger charge is -2.11. The molecule has 0 aliphatic carbocycles. The number of rotatable bonds is 6. The van der Waals surface area contributed by atoms with Crippen LogP contribution in [-0.4, -0.2) is 18.4 Å². The van der Waals surface area contributed by atoms with Crippen molar-refractivity contribution in [1.82, 2.24) is 4.98 Å². The number of hydrogen-bond donors (Lipinski definition) is 0. The Morgan fingerprint density at radius 2 is 2.00 bits per heavy atom. The van der Waals surface area contributed by atoms with Crippen molar-refractivity contribution in [2.45, 2.75) is 6.61 Å². The zero-order chi connectivity index (χ0) is 16.9. The van der Waals surface area contributed by atoms with Crippen LogP contribution < -0.4 is 9.47 Å². The molecule has 0 amide bonds. The quantitative estimate of drug-likeness (QED) is 0.589. The third-order valence-electron chi connectivity index (χ3n) is 3.36. The van der Waals surface area contributed by atoms with Crippen molar-refractivity contribution in [3.63, 3.8) is 0 Å². The van der Waals surface area contributed by atoms with Gasteiger partial charge in [-0.25, -0.2) is 4.98 Å². The summed E-state index contributed by atoms with van der Waals surface area (Å²) in [6, 6.07) is 12.7. The van der Waals surface area contributed by atoms with Crippen LogP contribution in [0.5, 0.6) is 11.5 Å². The first kappa shape index (κ1) is 16.5. The third-order valence-corrected chi connectivity index (χ3v) is 4.56. The molecular weight excluding hydrogens is 346 g/mol. The van der Waals surface area contributed by atoms with E-state index in [4.69, 9.17) is 21.1 Å². The highest BCUT2D eigenvalue weighted by molar-refractivity contribution is 7.13. The number of benzene rings is 2. The van der Waals surface area contributed by atoms with Crippen molar-refractivity contribution in [3.8, 4) is 22.1 Å². The van der Waals surface area contributed by atoms with Crippen molar-refractivity contribution in [3.05, 3.63) is 64.1 Å². The predicted molar refractivity (Wildman–Crippen MR) is 95.3 cm³/mol. The second-order valence-electron chi connectivity index (χ2n) is 4.94. The maximum Gasteiger partial charge on any atom is 0.172 e. The molecule has 0 bridgehead atoms. The minimum atomic E-state index is 0.255. The summed E-state index contributed by atoms with van der Waals surface area (Å²) in [7, 11) is 1.54. The fourth-order valence-corrected chi connectivity index (χ4v) is 3.12. The number of methoxy groups -OCH3 is 1. The molecule has 0 spiro atoms. The lowest BCUT2D eigenvalue weighted by atomic mass is 10.2. The van der Waals surface area contributed by atoms with Gasteiger partial charge in [0.15, 0.2) is 17.8 Å². The summed E-state index contributed by atoms with van der Waals surface area (Å²) in [4.78, 5) is 15.7. The van der Waals surface area contributed by atoms with Crippen molar-refractivity contribution < 1.29 is 14.3 Å². The molecule has 6 heteroatoms. The molecule has 0 unspecified atom stereocenters. The Labute approximate surface area is 148 Å². The van der Waals surface area contributed by atoms with Gasteiger partial charge in [-0.3, -0.25) is 4.79 Å². The Bertz CT molecular complexity index is 846. The summed E-state index contributed by atoms with van der Waals surface area (Å²) in [5.41, 5.74) is 2.23. The zero-order valence-electron chi connectivity index (χ0n) is 12.9. The molecule has 0 aliphatic heterocycles. The molecule has 0 N–H and O–H groups in total. The number of carbonyl (C=O) groups excluding carboxylic acids is 1. The van der Waals surface area contributed by atoms with Crippen LogP contribution in [0.25, 0.3) is 10.6 Å². The number of aldehydes is 1. The summed E-state index contributed by atoms with van der Waals surface area (Å²) in [6.07, 6.45) is 0.748. The Balaban J connectivity index is 1.77. The normalized spacial score (nSPS) is 10.4. The largest absolute Gasteiger partial charge is 0.493 e. The second-order valence-corrected chi connectivity index (χ2v) is 6.23. The molecule has 1 aromatic heterocycles. The Morgan fingerprint density at radius 3 is 2.71 bits per heavy atom. The van der Waals surface area contributed by atoms with Gasteiger partial charge in [0, 0.05) is 16.0 Å². The van der Waals surface area contributed by atoms with Crippen LogP contribution in [0.1, 0.15) is 16.1 Å². The van der Waals surface area contributed by atoms with Crippen LogP contribution >= 0.6 is 22.9 Å². The van der Waals surface area contributed by atoms with E-state index in [1.54, 1.807) is 18.2 Å². The highest BCUT2D eigenvalue weighted by Gasteiger charge is 2.12. The number of hydrogen-bond acceptors (Lipinski definition) is 5. The number of nitrogens with zero attached hydrogens (tertiary/aromatic N) is 1. The minimum absolute atomic E-state index is 0.255. The summed E-state index contributed by atoms with van der Waals surface area (Å²) >= 11 is 7.43. The standard InChI is InChI=1S/C18H14ClNO3S/c1-22-16-4-2-3-13(9-21)17(16)23-10-15-11-24-18(20-15)12-5-7-14(19)8-6-12/h2-9,11H,10H2,1H3. The fourth-order valence-electron chi connectivity index (χ4n) is 2.19. The van der Waals surface area contributed by atoms with Gasteiger partial charge in [-0.15, -0.1) is 11.3 Å². The van der Waals surface area contributed by atoms with Gasteiger partial charge in [0.1, 0.15) is 11.6 Å². The molecule has 0 radical (unpaired) electrons. The number of halogens is 1. The first-order valence-corrected chi connectivity index (χ1v) is 8.42. The van der Waals surface area contributed by atoms with Gasteiger partial charge in [-0.1, -0.05) is 29.8 Å². The lowest BCUT2D eigenvalue weighted by Crippen LogP contribution is -2.01. The molecule has 122 valence electrons. The maximum atomic E-state index is 11.2. The molecule has 2 aromatic carbocycles. The average molecular weight is 360 g/mol. The summed E-state index contributed by atoms with van der Waals surface area (Å²) < 4.78 is 11.0. The molecule has 3 aromatic rings. The minimum Gasteiger partial charge on any atom is -0.493 e. The Morgan fingerprint density at radius 1 is 1.21 bits per heavy atom. The summed E-state index contributed by atoms with van der Waals surface area (Å²) in [6.45, 7) is 0.255. The van der Waals surface area contributed by atoms with Gasteiger partial charge in [0.2, 0.25) is 0 Å². The van der Waals surface area contributed by atoms with E-state index in [-0.39, 0.29) is 6.61 Å². The monoisotopic (exact) mass is 359 g/mol. The van der Waals surface area contributed by atoms with Gasteiger partial charge >= 0.3 is 0 Å². The van der Waals surface area contributed by atoms with Crippen LogP contribution in [0, 0.1) is 0 Å². The molecule has 0 saturated heterocycles. The average Bonchev–Trinajstić information content (AvgIpc) is 3.09. The van der Waals surface area contributed by atoms with Crippen LogP contribution in [0.2, 0.25) is 5.02 Å². The third kappa shape index (κ3) is 3.58. The van der Waals surface area contributed by atoms with E-state index in [0.717, 1.165) is 22.6 Å². The van der Waals surface area contributed by atoms with Gasteiger partial charge in [-0.2, -0.15) is 0 Å². The van der Waals surface area contributed by atoms with E-state index in [1.165, 1.54) is 18.4 Å². The second kappa shape index (κ2) is 7.47. The van der Waals surface area contributed by atoms with Crippen LogP contribution in [0.3, 0.4) is 0 Å². The van der Waals surface area contributed by atoms with Gasteiger partial charge in [-0.05, 0) is 24.3 Å². The van der Waals surface area contributed by atoms with E-state index in [2.05, 4.69) is 4.98 Å². The molecule has 24 heavy (non-hydrogen) atoms. The van der Waals surface area contributed by atoms with E-state index in [1.807, 2.05) is 29.6 Å². The molecular formula is C18H14ClNO3S. The van der Waals surface area contributed by atoms with Crippen molar-refractivity contribution >= 4 is 29.2 Å². The fraction of sp³-hybridized carbons (Fsp3) is 0.111. The Kier molecular flexibility index (Phi) is 5.13. The number of carbonyl (C=O) groups is 1. The highest BCUT2D eigenvalue weighted by atomic mass is 35.5. The predicted octanol–water partition coefficient (Wildman–Crippen LogP) is 4.86. The van der Waals surface area contributed by atoms with E-state index < -0.39 is 0 Å². The van der Waals surface area contributed by atoms with Crippen molar-refractivity contribution in [1.29, 1.82) is 0 Å². The summed E-state index contributed by atoms with van der Waals surface area (Å²) in [5, 5.41) is 3.51. The van der Waals surface area contributed by atoms with Crippen LogP contribution in [0.15, 0.2) is 47.8 Å². The number of ether oxygens (including phenoxy) is 2.